The van der Waals surface area contributed by atoms with Crippen molar-refractivity contribution in [3.05, 3.63) is 29.6 Å². The van der Waals surface area contributed by atoms with Gasteiger partial charge in [0.05, 0.1) is 6.61 Å². The number of hydrogen-bond donors (Lipinski definition) is 1. The van der Waals surface area contributed by atoms with E-state index in [1.54, 1.807) is 12.1 Å². The molecule has 1 fully saturated rings. The van der Waals surface area contributed by atoms with Crippen LogP contribution < -0.4 is 10.1 Å². The number of nitrogens with one attached hydrogen (secondary N) is 1. The second-order valence-electron chi connectivity index (χ2n) is 5.44. The zero-order valence-electron chi connectivity index (χ0n) is 11.9. The summed E-state index contributed by atoms with van der Waals surface area (Å²) in [6.45, 7) is 5.85. The Labute approximate surface area is 115 Å². The molecule has 2 rings (SSSR count). The van der Waals surface area contributed by atoms with Gasteiger partial charge in [-0.25, -0.2) is 4.39 Å². The summed E-state index contributed by atoms with van der Waals surface area (Å²) in [5, 5.41) is 3.38. The molecule has 0 aliphatic heterocycles. The number of rotatable bonds is 8. The zero-order valence-corrected chi connectivity index (χ0v) is 11.9. The fraction of sp³-hybridized carbons (Fsp3) is 0.625. The third-order valence-electron chi connectivity index (χ3n) is 3.62. The lowest BCUT2D eigenvalue weighted by atomic mass is 10.1. The maximum absolute atomic E-state index is 13.4. The third kappa shape index (κ3) is 4.50. The van der Waals surface area contributed by atoms with Crippen LogP contribution >= 0.6 is 0 Å². The summed E-state index contributed by atoms with van der Waals surface area (Å²) < 4.78 is 19.2. The van der Waals surface area contributed by atoms with Crippen LogP contribution in [0, 0.1) is 11.7 Å². The Hall–Kier alpha value is -1.09. The van der Waals surface area contributed by atoms with Gasteiger partial charge in [-0.15, -0.1) is 0 Å². The molecule has 1 aliphatic rings. The minimum atomic E-state index is -0.199. The number of halogens is 1. The van der Waals surface area contributed by atoms with Crippen molar-refractivity contribution in [1.29, 1.82) is 0 Å². The van der Waals surface area contributed by atoms with Crippen LogP contribution in [0.5, 0.6) is 5.75 Å². The lowest BCUT2D eigenvalue weighted by Crippen LogP contribution is -2.20. The van der Waals surface area contributed by atoms with E-state index in [0.29, 0.717) is 0 Å². The van der Waals surface area contributed by atoms with Crippen molar-refractivity contribution >= 4 is 0 Å². The standard InChI is InChI=1S/C16H24FNO/c1-3-9-18-12(2)15-11-14(17)6-7-16(15)19-10-8-13-4-5-13/h6-7,11-13,18H,3-5,8-10H2,1-2H3. The molecule has 0 amide bonds. The highest BCUT2D eigenvalue weighted by Gasteiger charge is 2.21. The van der Waals surface area contributed by atoms with Crippen molar-refractivity contribution in [3.8, 4) is 5.75 Å². The first-order valence-electron chi connectivity index (χ1n) is 7.36. The smallest absolute Gasteiger partial charge is 0.124 e. The molecule has 1 unspecified atom stereocenters. The van der Waals surface area contributed by atoms with Gasteiger partial charge in [0, 0.05) is 11.6 Å². The predicted molar refractivity (Wildman–Crippen MR) is 75.9 cm³/mol. The van der Waals surface area contributed by atoms with E-state index >= 15 is 0 Å². The molecule has 0 bridgehead atoms. The first kappa shape index (κ1) is 14.3. The summed E-state index contributed by atoms with van der Waals surface area (Å²) in [6, 6.07) is 4.93. The Morgan fingerprint density at radius 2 is 2.21 bits per heavy atom. The van der Waals surface area contributed by atoms with Gasteiger partial charge in [0.15, 0.2) is 0 Å². The molecule has 1 atom stereocenters. The number of benzene rings is 1. The van der Waals surface area contributed by atoms with E-state index in [2.05, 4.69) is 19.2 Å². The fourth-order valence-corrected chi connectivity index (χ4v) is 2.20. The second kappa shape index (κ2) is 6.90. The largest absolute Gasteiger partial charge is 0.493 e. The predicted octanol–water partition coefficient (Wildman–Crippen LogP) is 4.07. The molecule has 1 aliphatic carbocycles. The average Bonchev–Trinajstić information content (AvgIpc) is 3.21. The highest BCUT2D eigenvalue weighted by atomic mass is 19.1. The maximum Gasteiger partial charge on any atom is 0.124 e. The van der Waals surface area contributed by atoms with Crippen molar-refractivity contribution < 1.29 is 9.13 Å². The van der Waals surface area contributed by atoms with Crippen LogP contribution in [0.3, 0.4) is 0 Å². The molecule has 2 nitrogen and oxygen atoms in total. The molecule has 0 aromatic heterocycles. The van der Waals surface area contributed by atoms with Crippen molar-refractivity contribution in [2.45, 2.75) is 45.6 Å². The van der Waals surface area contributed by atoms with Gasteiger partial charge in [-0.3, -0.25) is 0 Å². The molecule has 0 heterocycles. The molecule has 1 N–H and O–H groups in total. The minimum Gasteiger partial charge on any atom is -0.493 e. The molecule has 19 heavy (non-hydrogen) atoms. The topological polar surface area (TPSA) is 21.3 Å². The molecule has 106 valence electrons. The van der Waals surface area contributed by atoms with Gasteiger partial charge in [0.1, 0.15) is 11.6 Å². The van der Waals surface area contributed by atoms with Gasteiger partial charge in [0.25, 0.3) is 0 Å². The van der Waals surface area contributed by atoms with Crippen LogP contribution in [0.15, 0.2) is 18.2 Å². The molecule has 1 aromatic carbocycles. The Morgan fingerprint density at radius 3 is 2.89 bits per heavy atom. The van der Waals surface area contributed by atoms with E-state index in [9.17, 15) is 4.39 Å². The van der Waals surface area contributed by atoms with Crippen LogP contribution in [-0.2, 0) is 0 Å². The van der Waals surface area contributed by atoms with Gasteiger partial charge in [0.2, 0.25) is 0 Å². The monoisotopic (exact) mass is 265 g/mol. The van der Waals surface area contributed by atoms with Crippen molar-refractivity contribution in [1.82, 2.24) is 5.32 Å². The van der Waals surface area contributed by atoms with Gasteiger partial charge >= 0.3 is 0 Å². The first-order chi connectivity index (χ1) is 9.20. The highest BCUT2D eigenvalue weighted by Crippen LogP contribution is 2.33. The molecular weight excluding hydrogens is 241 g/mol. The number of hydrogen-bond acceptors (Lipinski definition) is 2. The van der Waals surface area contributed by atoms with Crippen LogP contribution in [0.25, 0.3) is 0 Å². The summed E-state index contributed by atoms with van der Waals surface area (Å²) in [7, 11) is 0. The van der Waals surface area contributed by atoms with Gasteiger partial charge in [-0.1, -0.05) is 19.8 Å². The van der Waals surface area contributed by atoms with E-state index in [1.807, 2.05) is 0 Å². The van der Waals surface area contributed by atoms with E-state index in [-0.39, 0.29) is 11.9 Å². The number of ether oxygens (including phenoxy) is 1. The van der Waals surface area contributed by atoms with Gasteiger partial charge in [-0.05, 0) is 50.4 Å². The van der Waals surface area contributed by atoms with E-state index < -0.39 is 0 Å². The Bertz CT molecular complexity index is 404. The summed E-state index contributed by atoms with van der Waals surface area (Å²) in [5.41, 5.74) is 0.921. The third-order valence-corrected chi connectivity index (χ3v) is 3.62. The quantitative estimate of drug-likeness (QED) is 0.765. The summed E-state index contributed by atoms with van der Waals surface area (Å²) in [5.74, 6) is 1.48. The molecule has 0 spiro atoms. The van der Waals surface area contributed by atoms with Crippen LogP contribution in [0.4, 0.5) is 4.39 Å². The second-order valence-corrected chi connectivity index (χ2v) is 5.44. The van der Waals surface area contributed by atoms with E-state index in [0.717, 1.165) is 43.2 Å². The summed E-state index contributed by atoms with van der Waals surface area (Å²) in [6.07, 6.45) is 4.87. The van der Waals surface area contributed by atoms with Crippen molar-refractivity contribution in [3.63, 3.8) is 0 Å². The molecule has 1 aromatic rings. The maximum atomic E-state index is 13.4. The normalized spacial score (nSPS) is 16.4. The van der Waals surface area contributed by atoms with Crippen molar-refractivity contribution in [2.24, 2.45) is 5.92 Å². The minimum absolute atomic E-state index is 0.117. The van der Waals surface area contributed by atoms with Gasteiger partial charge in [-0.2, -0.15) is 0 Å². The van der Waals surface area contributed by atoms with Crippen molar-refractivity contribution in [2.75, 3.05) is 13.2 Å². The summed E-state index contributed by atoms with van der Waals surface area (Å²) in [4.78, 5) is 0. The highest BCUT2D eigenvalue weighted by molar-refractivity contribution is 5.36. The van der Waals surface area contributed by atoms with Crippen LogP contribution in [0.2, 0.25) is 0 Å². The Morgan fingerprint density at radius 1 is 1.42 bits per heavy atom. The summed E-state index contributed by atoms with van der Waals surface area (Å²) >= 11 is 0. The molecule has 1 saturated carbocycles. The van der Waals surface area contributed by atoms with Crippen LogP contribution in [-0.4, -0.2) is 13.2 Å². The molecular formula is C16H24FNO. The Balaban J connectivity index is 1.98. The molecule has 0 saturated heterocycles. The Kier molecular flexibility index (Phi) is 5.20. The van der Waals surface area contributed by atoms with Crippen LogP contribution in [0.1, 0.15) is 51.1 Å². The van der Waals surface area contributed by atoms with E-state index in [1.165, 1.54) is 18.9 Å². The average molecular weight is 265 g/mol. The fourth-order valence-electron chi connectivity index (χ4n) is 2.20. The molecule has 0 radical (unpaired) electrons. The lowest BCUT2D eigenvalue weighted by Gasteiger charge is -2.18. The molecule has 3 heteroatoms. The zero-order chi connectivity index (χ0) is 13.7. The SMILES string of the molecule is CCCNC(C)c1cc(F)ccc1OCCC1CC1. The lowest BCUT2D eigenvalue weighted by molar-refractivity contribution is 0.296. The van der Waals surface area contributed by atoms with Gasteiger partial charge < -0.3 is 10.1 Å². The van der Waals surface area contributed by atoms with E-state index in [4.69, 9.17) is 4.74 Å². The first-order valence-corrected chi connectivity index (χ1v) is 7.36.